The van der Waals surface area contributed by atoms with Gasteiger partial charge >= 0.3 is 6.09 Å². The third-order valence-corrected chi connectivity index (χ3v) is 6.89. The molecule has 0 aromatic heterocycles. The maximum Gasteiger partial charge on any atom is 0.409 e. The lowest BCUT2D eigenvalue weighted by Gasteiger charge is -2.38. The summed E-state index contributed by atoms with van der Waals surface area (Å²) in [7, 11) is 0. The van der Waals surface area contributed by atoms with Gasteiger partial charge in [-0.05, 0) is 50.2 Å². The Labute approximate surface area is 188 Å². The summed E-state index contributed by atoms with van der Waals surface area (Å²) in [6.07, 6.45) is 3.16. The Morgan fingerprint density at radius 3 is 2.31 bits per heavy atom. The third kappa shape index (κ3) is 4.64. The van der Waals surface area contributed by atoms with Gasteiger partial charge in [-0.1, -0.05) is 18.2 Å². The van der Waals surface area contributed by atoms with E-state index in [2.05, 4.69) is 0 Å². The van der Waals surface area contributed by atoms with E-state index in [-0.39, 0.29) is 42.1 Å². The number of carbonyl (C=O) groups is 4. The number of hydrogen-bond acceptors (Lipinski definition) is 5. The molecule has 8 nitrogen and oxygen atoms in total. The van der Waals surface area contributed by atoms with Crippen molar-refractivity contribution < 1.29 is 23.9 Å². The predicted molar refractivity (Wildman–Crippen MR) is 117 cm³/mol. The number of carbonyl (C=O) groups excluding carboxylic acids is 4. The van der Waals surface area contributed by atoms with Crippen LogP contribution in [0.15, 0.2) is 24.3 Å². The molecule has 0 radical (unpaired) electrons. The first kappa shape index (κ1) is 22.3. The normalized spacial score (nSPS) is 23.7. The number of fused-ring (bicyclic) bond motifs is 1. The minimum absolute atomic E-state index is 0.0196. The van der Waals surface area contributed by atoms with Crippen molar-refractivity contribution in [2.75, 3.05) is 39.3 Å². The van der Waals surface area contributed by atoms with Gasteiger partial charge in [-0.25, -0.2) is 4.79 Å². The van der Waals surface area contributed by atoms with Crippen LogP contribution in [-0.2, 0) is 20.7 Å². The summed E-state index contributed by atoms with van der Waals surface area (Å²) in [5.74, 6) is 0.0404. The Morgan fingerprint density at radius 2 is 1.62 bits per heavy atom. The molecule has 2 fully saturated rings. The quantitative estimate of drug-likeness (QED) is 0.670. The Morgan fingerprint density at radius 1 is 0.969 bits per heavy atom. The predicted octanol–water partition coefficient (Wildman–Crippen LogP) is 2.32. The molecule has 1 saturated heterocycles. The van der Waals surface area contributed by atoms with Crippen LogP contribution in [-0.4, -0.2) is 77.8 Å². The van der Waals surface area contributed by atoms with Gasteiger partial charge in [0.25, 0.3) is 5.91 Å². The lowest BCUT2D eigenvalue weighted by molar-refractivity contribution is -0.139. The van der Waals surface area contributed by atoms with E-state index in [1.54, 1.807) is 17.9 Å². The summed E-state index contributed by atoms with van der Waals surface area (Å²) < 4.78 is 5.03. The van der Waals surface area contributed by atoms with Gasteiger partial charge in [0.05, 0.1) is 13.0 Å². The molecule has 1 aliphatic carbocycles. The standard InChI is InChI=1S/C24H31N3O5/c1-2-32-24(31)26-13-11-25(12-14-26)22(29)18-9-7-17(8-10-18)16-27-21(28)15-19-5-3-4-6-20(19)23(27)30/h3-6,17-18H,2,7-16H2,1H3. The highest BCUT2D eigenvalue weighted by atomic mass is 16.6. The average molecular weight is 442 g/mol. The molecule has 4 amide bonds. The summed E-state index contributed by atoms with van der Waals surface area (Å²) in [5, 5.41) is 0. The van der Waals surface area contributed by atoms with Crippen molar-refractivity contribution in [2.45, 2.75) is 39.0 Å². The Kier molecular flexibility index (Phi) is 6.77. The number of benzene rings is 1. The number of piperazine rings is 1. The van der Waals surface area contributed by atoms with Crippen molar-refractivity contribution in [1.82, 2.24) is 14.7 Å². The molecule has 0 unspecified atom stereocenters. The fourth-order valence-electron chi connectivity index (χ4n) is 5.02. The second kappa shape index (κ2) is 9.71. The van der Waals surface area contributed by atoms with Crippen molar-refractivity contribution >= 4 is 23.8 Å². The monoisotopic (exact) mass is 441 g/mol. The Bertz CT molecular complexity index is 885. The summed E-state index contributed by atoms with van der Waals surface area (Å²) >= 11 is 0. The zero-order chi connectivity index (χ0) is 22.7. The minimum Gasteiger partial charge on any atom is -0.450 e. The second-order valence-electron chi connectivity index (χ2n) is 8.87. The van der Waals surface area contributed by atoms with Gasteiger partial charge in [0.15, 0.2) is 0 Å². The molecule has 0 bridgehead atoms. The van der Waals surface area contributed by atoms with Crippen LogP contribution in [0.3, 0.4) is 0 Å². The van der Waals surface area contributed by atoms with Gasteiger partial charge in [0, 0.05) is 44.2 Å². The highest BCUT2D eigenvalue weighted by Crippen LogP contribution is 2.32. The smallest absolute Gasteiger partial charge is 0.409 e. The molecular weight excluding hydrogens is 410 g/mol. The van der Waals surface area contributed by atoms with E-state index in [1.165, 1.54) is 4.90 Å². The van der Waals surface area contributed by atoms with Gasteiger partial charge in [0.2, 0.25) is 11.8 Å². The molecule has 4 rings (SSSR count). The minimum atomic E-state index is -0.315. The van der Waals surface area contributed by atoms with Crippen LogP contribution in [0.25, 0.3) is 0 Å². The first-order valence-corrected chi connectivity index (χ1v) is 11.6. The molecule has 2 aliphatic heterocycles. The molecular formula is C24H31N3O5. The topological polar surface area (TPSA) is 87.2 Å². The van der Waals surface area contributed by atoms with Gasteiger partial charge in [-0.15, -0.1) is 0 Å². The summed E-state index contributed by atoms with van der Waals surface area (Å²) in [5.41, 5.74) is 1.43. The number of rotatable bonds is 4. The fraction of sp³-hybridized carbons (Fsp3) is 0.583. The molecule has 32 heavy (non-hydrogen) atoms. The first-order valence-electron chi connectivity index (χ1n) is 11.6. The summed E-state index contributed by atoms with van der Waals surface area (Å²) in [6, 6.07) is 7.30. The SMILES string of the molecule is CCOC(=O)N1CCN(C(=O)C2CCC(CN3C(=O)Cc4ccccc4C3=O)CC2)CC1. The second-order valence-corrected chi connectivity index (χ2v) is 8.87. The average Bonchev–Trinajstić information content (AvgIpc) is 2.82. The van der Waals surface area contributed by atoms with E-state index >= 15 is 0 Å². The molecule has 8 heteroatoms. The van der Waals surface area contributed by atoms with Crippen LogP contribution in [0.1, 0.15) is 48.5 Å². The lowest BCUT2D eigenvalue weighted by Crippen LogP contribution is -2.52. The highest BCUT2D eigenvalue weighted by Gasteiger charge is 2.36. The van der Waals surface area contributed by atoms with Crippen LogP contribution in [0.4, 0.5) is 4.79 Å². The molecule has 1 aromatic carbocycles. The van der Waals surface area contributed by atoms with Crippen LogP contribution < -0.4 is 0 Å². The molecule has 172 valence electrons. The van der Waals surface area contributed by atoms with Gasteiger partial charge in [0.1, 0.15) is 0 Å². The van der Waals surface area contributed by atoms with Crippen molar-refractivity contribution in [2.24, 2.45) is 11.8 Å². The van der Waals surface area contributed by atoms with Gasteiger partial charge in [-0.3, -0.25) is 19.3 Å². The fourth-order valence-corrected chi connectivity index (χ4v) is 5.02. The zero-order valence-electron chi connectivity index (χ0n) is 18.6. The maximum absolute atomic E-state index is 13.0. The number of nitrogens with zero attached hydrogens (tertiary/aromatic N) is 3. The molecule has 1 aromatic rings. The van der Waals surface area contributed by atoms with Gasteiger partial charge in [-0.2, -0.15) is 0 Å². The van der Waals surface area contributed by atoms with Gasteiger partial charge < -0.3 is 14.5 Å². The van der Waals surface area contributed by atoms with Crippen LogP contribution >= 0.6 is 0 Å². The van der Waals surface area contributed by atoms with E-state index in [4.69, 9.17) is 4.74 Å². The number of imide groups is 1. The molecule has 1 saturated carbocycles. The molecule has 3 aliphatic rings. The van der Waals surface area contributed by atoms with E-state index < -0.39 is 0 Å². The molecule has 0 N–H and O–H groups in total. The number of hydrogen-bond donors (Lipinski definition) is 0. The van der Waals surface area contributed by atoms with Crippen LogP contribution in [0.2, 0.25) is 0 Å². The van der Waals surface area contributed by atoms with E-state index in [9.17, 15) is 19.2 Å². The lowest BCUT2D eigenvalue weighted by atomic mass is 9.80. The van der Waals surface area contributed by atoms with Crippen molar-refractivity contribution in [3.8, 4) is 0 Å². The maximum atomic E-state index is 13.0. The van der Waals surface area contributed by atoms with Crippen LogP contribution in [0.5, 0.6) is 0 Å². The number of ether oxygens (including phenoxy) is 1. The Balaban J connectivity index is 1.26. The third-order valence-electron chi connectivity index (χ3n) is 6.89. The molecule has 2 heterocycles. The van der Waals surface area contributed by atoms with Crippen LogP contribution in [0, 0.1) is 11.8 Å². The van der Waals surface area contributed by atoms with E-state index in [0.717, 1.165) is 31.2 Å². The largest absolute Gasteiger partial charge is 0.450 e. The van der Waals surface area contributed by atoms with Crippen molar-refractivity contribution in [1.29, 1.82) is 0 Å². The van der Waals surface area contributed by atoms with E-state index in [1.807, 2.05) is 23.1 Å². The summed E-state index contributed by atoms with van der Waals surface area (Å²) in [6.45, 7) is 4.64. The molecule has 0 atom stereocenters. The van der Waals surface area contributed by atoms with E-state index in [0.29, 0.717) is 44.9 Å². The van der Waals surface area contributed by atoms with Crippen molar-refractivity contribution in [3.05, 3.63) is 35.4 Å². The highest BCUT2D eigenvalue weighted by molar-refractivity contribution is 6.09. The zero-order valence-corrected chi connectivity index (χ0v) is 18.6. The molecule has 0 spiro atoms. The first-order chi connectivity index (χ1) is 15.5. The summed E-state index contributed by atoms with van der Waals surface area (Å²) in [4.78, 5) is 55.1. The van der Waals surface area contributed by atoms with Crippen molar-refractivity contribution in [3.63, 3.8) is 0 Å². The number of amides is 4. The Hall–Kier alpha value is -2.90.